The van der Waals surface area contributed by atoms with Crippen molar-refractivity contribution in [1.82, 2.24) is 5.32 Å². The number of nitrogens with one attached hydrogen (secondary N) is 1. The summed E-state index contributed by atoms with van der Waals surface area (Å²) >= 11 is 0. The van der Waals surface area contributed by atoms with Crippen LogP contribution in [-0.2, 0) is 6.42 Å². The summed E-state index contributed by atoms with van der Waals surface area (Å²) in [6, 6.07) is 7.74. The standard InChI is InChI=1S/C16H25N/c1-4-12(3)14-10-9-13-7-6-8-16(17-5-2)15(13)11-14/h9-12,16-17H,4-8H2,1-3H3. The van der Waals surface area contributed by atoms with E-state index in [0.717, 1.165) is 6.54 Å². The molecule has 0 aliphatic heterocycles. The molecule has 2 rings (SSSR count). The molecule has 1 heteroatoms. The molecule has 1 aromatic rings. The number of fused-ring (bicyclic) bond motifs is 1. The van der Waals surface area contributed by atoms with Gasteiger partial charge in [0.25, 0.3) is 0 Å². The summed E-state index contributed by atoms with van der Waals surface area (Å²) in [5, 5.41) is 3.62. The van der Waals surface area contributed by atoms with Gasteiger partial charge in [-0.2, -0.15) is 0 Å². The van der Waals surface area contributed by atoms with E-state index >= 15 is 0 Å². The summed E-state index contributed by atoms with van der Waals surface area (Å²) in [5.41, 5.74) is 4.64. The van der Waals surface area contributed by atoms with E-state index in [-0.39, 0.29) is 0 Å². The van der Waals surface area contributed by atoms with E-state index in [9.17, 15) is 0 Å². The average Bonchev–Trinajstić information content (AvgIpc) is 2.38. The molecule has 94 valence electrons. The van der Waals surface area contributed by atoms with Gasteiger partial charge in [-0.05, 0) is 54.8 Å². The van der Waals surface area contributed by atoms with E-state index in [0.29, 0.717) is 12.0 Å². The molecule has 1 aliphatic carbocycles. The van der Waals surface area contributed by atoms with Gasteiger partial charge in [0.1, 0.15) is 0 Å². The maximum absolute atomic E-state index is 3.62. The van der Waals surface area contributed by atoms with Gasteiger partial charge < -0.3 is 5.32 Å². The molecule has 0 amide bonds. The second-order valence-electron chi connectivity index (χ2n) is 5.27. The van der Waals surface area contributed by atoms with Crippen LogP contribution < -0.4 is 5.32 Å². The lowest BCUT2D eigenvalue weighted by Crippen LogP contribution is -2.25. The highest BCUT2D eigenvalue weighted by molar-refractivity contribution is 5.37. The van der Waals surface area contributed by atoms with Crippen LogP contribution in [0, 0.1) is 0 Å². The molecule has 2 unspecified atom stereocenters. The molecule has 0 heterocycles. The Bertz CT molecular complexity index is 370. The van der Waals surface area contributed by atoms with Crippen molar-refractivity contribution < 1.29 is 0 Å². The summed E-state index contributed by atoms with van der Waals surface area (Å²) in [6.45, 7) is 7.86. The van der Waals surface area contributed by atoms with Crippen molar-refractivity contribution in [2.24, 2.45) is 0 Å². The molecule has 0 bridgehead atoms. The first kappa shape index (κ1) is 12.6. The van der Waals surface area contributed by atoms with Crippen LogP contribution in [0.2, 0.25) is 0 Å². The Morgan fingerprint density at radius 2 is 2.18 bits per heavy atom. The molecular formula is C16H25N. The fraction of sp³-hybridized carbons (Fsp3) is 0.625. The van der Waals surface area contributed by atoms with E-state index in [1.54, 1.807) is 11.1 Å². The van der Waals surface area contributed by atoms with Gasteiger partial charge in [0.15, 0.2) is 0 Å². The molecule has 2 atom stereocenters. The van der Waals surface area contributed by atoms with Crippen LogP contribution >= 0.6 is 0 Å². The van der Waals surface area contributed by atoms with Crippen LogP contribution in [0.4, 0.5) is 0 Å². The van der Waals surface area contributed by atoms with Gasteiger partial charge in [-0.25, -0.2) is 0 Å². The monoisotopic (exact) mass is 231 g/mol. The van der Waals surface area contributed by atoms with Crippen LogP contribution in [-0.4, -0.2) is 6.54 Å². The van der Waals surface area contributed by atoms with Gasteiger partial charge in [-0.1, -0.05) is 39.0 Å². The molecule has 1 aliphatic rings. The predicted octanol–water partition coefficient (Wildman–Crippen LogP) is 4.19. The largest absolute Gasteiger partial charge is 0.310 e. The van der Waals surface area contributed by atoms with Gasteiger partial charge in [0, 0.05) is 6.04 Å². The lowest BCUT2D eigenvalue weighted by atomic mass is 9.84. The number of rotatable bonds is 4. The number of hydrogen-bond donors (Lipinski definition) is 1. The SMILES string of the molecule is CCNC1CCCc2ccc(C(C)CC)cc21. The molecule has 0 saturated carbocycles. The summed E-state index contributed by atoms with van der Waals surface area (Å²) in [4.78, 5) is 0. The van der Waals surface area contributed by atoms with Crippen molar-refractivity contribution in [3.8, 4) is 0 Å². The topological polar surface area (TPSA) is 12.0 Å². The first-order valence-corrected chi connectivity index (χ1v) is 7.12. The van der Waals surface area contributed by atoms with Gasteiger partial charge in [-0.3, -0.25) is 0 Å². The number of hydrogen-bond acceptors (Lipinski definition) is 1. The minimum atomic E-state index is 0.591. The summed E-state index contributed by atoms with van der Waals surface area (Å²) in [5.74, 6) is 0.685. The zero-order valence-electron chi connectivity index (χ0n) is 11.4. The Kier molecular flexibility index (Phi) is 4.22. The molecule has 1 N–H and O–H groups in total. The van der Waals surface area contributed by atoms with Crippen LogP contribution in [0.5, 0.6) is 0 Å². The Balaban J connectivity index is 2.30. The van der Waals surface area contributed by atoms with Gasteiger partial charge in [-0.15, -0.1) is 0 Å². The minimum absolute atomic E-state index is 0.591. The Hall–Kier alpha value is -0.820. The third-order valence-electron chi connectivity index (χ3n) is 4.12. The normalized spacial score (nSPS) is 21.0. The van der Waals surface area contributed by atoms with Gasteiger partial charge in [0.05, 0.1) is 0 Å². The first-order chi connectivity index (χ1) is 8.26. The molecular weight excluding hydrogens is 206 g/mol. The minimum Gasteiger partial charge on any atom is -0.310 e. The van der Waals surface area contributed by atoms with E-state index < -0.39 is 0 Å². The zero-order chi connectivity index (χ0) is 12.3. The number of aryl methyl sites for hydroxylation is 1. The average molecular weight is 231 g/mol. The second kappa shape index (κ2) is 5.68. The van der Waals surface area contributed by atoms with Crippen LogP contribution in [0.15, 0.2) is 18.2 Å². The van der Waals surface area contributed by atoms with Crippen molar-refractivity contribution >= 4 is 0 Å². The van der Waals surface area contributed by atoms with E-state index in [2.05, 4.69) is 44.3 Å². The smallest absolute Gasteiger partial charge is 0.0323 e. The molecule has 0 radical (unpaired) electrons. The quantitative estimate of drug-likeness (QED) is 0.819. The molecule has 1 aromatic carbocycles. The van der Waals surface area contributed by atoms with Gasteiger partial charge >= 0.3 is 0 Å². The molecule has 0 aromatic heterocycles. The van der Waals surface area contributed by atoms with Crippen LogP contribution in [0.25, 0.3) is 0 Å². The third kappa shape index (κ3) is 2.71. The molecule has 17 heavy (non-hydrogen) atoms. The summed E-state index contributed by atoms with van der Waals surface area (Å²) in [6.07, 6.45) is 5.11. The van der Waals surface area contributed by atoms with E-state index in [4.69, 9.17) is 0 Å². The predicted molar refractivity (Wildman–Crippen MR) is 74.5 cm³/mol. The van der Waals surface area contributed by atoms with Crippen molar-refractivity contribution in [3.63, 3.8) is 0 Å². The Morgan fingerprint density at radius 3 is 2.88 bits per heavy atom. The van der Waals surface area contributed by atoms with Crippen molar-refractivity contribution in [1.29, 1.82) is 0 Å². The van der Waals surface area contributed by atoms with Crippen LogP contribution in [0.1, 0.15) is 68.7 Å². The zero-order valence-corrected chi connectivity index (χ0v) is 11.4. The Morgan fingerprint density at radius 1 is 1.35 bits per heavy atom. The molecule has 0 fully saturated rings. The number of benzene rings is 1. The molecule has 0 spiro atoms. The van der Waals surface area contributed by atoms with Crippen LogP contribution in [0.3, 0.4) is 0 Å². The maximum Gasteiger partial charge on any atom is 0.0323 e. The van der Waals surface area contributed by atoms with Gasteiger partial charge in [0.2, 0.25) is 0 Å². The fourth-order valence-electron chi connectivity index (χ4n) is 2.82. The highest BCUT2D eigenvalue weighted by atomic mass is 14.9. The molecule has 0 saturated heterocycles. The lowest BCUT2D eigenvalue weighted by Gasteiger charge is -2.27. The highest BCUT2D eigenvalue weighted by Gasteiger charge is 2.20. The van der Waals surface area contributed by atoms with Crippen molar-refractivity contribution in [2.75, 3.05) is 6.54 Å². The lowest BCUT2D eigenvalue weighted by molar-refractivity contribution is 0.471. The summed E-state index contributed by atoms with van der Waals surface area (Å²) < 4.78 is 0. The first-order valence-electron chi connectivity index (χ1n) is 7.12. The second-order valence-corrected chi connectivity index (χ2v) is 5.27. The molecule has 1 nitrogen and oxygen atoms in total. The Labute approximate surface area is 106 Å². The fourth-order valence-corrected chi connectivity index (χ4v) is 2.82. The highest BCUT2D eigenvalue weighted by Crippen LogP contribution is 2.32. The van der Waals surface area contributed by atoms with E-state index in [1.807, 2.05) is 0 Å². The third-order valence-corrected chi connectivity index (χ3v) is 4.12. The van der Waals surface area contributed by atoms with Crippen molar-refractivity contribution in [3.05, 3.63) is 34.9 Å². The summed E-state index contributed by atoms with van der Waals surface area (Å²) in [7, 11) is 0. The maximum atomic E-state index is 3.62. The van der Waals surface area contributed by atoms with Crippen molar-refractivity contribution in [2.45, 2.75) is 58.4 Å². The van der Waals surface area contributed by atoms with E-state index in [1.165, 1.54) is 31.2 Å².